The van der Waals surface area contributed by atoms with Gasteiger partial charge in [0.1, 0.15) is 0 Å². The van der Waals surface area contributed by atoms with E-state index in [1.807, 2.05) is 32.8 Å². The van der Waals surface area contributed by atoms with Gasteiger partial charge in [-0.15, -0.1) is 0 Å². The smallest absolute Gasteiger partial charge is 0.276 e. The van der Waals surface area contributed by atoms with Crippen molar-refractivity contribution in [3.63, 3.8) is 0 Å². The van der Waals surface area contributed by atoms with Crippen LogP contribution in [-0.4, -0.2) is 67.2 Å². The molecule has 2 aromatic heterocycles. The van der Waals surface area contributed by atoms with E-state index in [0.29, 0.717) is 37.5 Å². The highest BCUT2D eigenvalue weighted by Gasteiger charge is 2.40. The molecule has 0 bridgehead atoms. The van der Waals surface area contributed by atoms with E-state index in [1.165, 1.54) is 10.4 Å². The zero-order chi connectivity index (χ0) is 19.1. The van der Waals surface area contributed by atoms with Gasteiger partial charge in [-0.05, 0) is 52.9 Å². The van der Waals surface area contributed by atoms with Crippen molar-refractivity contribution in [3.8, 4) is 11.5 Å². The average molecular weight is 383 g/mol. The molecule has 1 aliphatic rings. The number of rotatable bonds is 5. The van der Waals surface area contributed by atoms with Crippen LogP contribution in [0.5, 0.6) is 0 Å². The van der Waals surface area contributed by atoms with Crippen LogP contribution in [0.2, 0.25) is 0 Å². The van der Waals surface area contributed by atoms with Gasteiger partial charge in [-0.3, -0.25) is 0 Å². The number of aryl methyl sites for hydroxylation is 1. The third kappa shape index (κ3) is 3.57. The highest BCUT2D eigenvalue weighted by Crippen LogP contribution is 2.32. The molecular formula is C17H25N3O5S. The molecule has 2 aromatic rings. The van der Waals surface area contributed by atoms with Gasteiger partial charge in [-0.25, -0.2) is 8.42 Å². The molecule has 1 saturated heterocycles. The Labute approximate surface area is 153 Å². The topological polar surface area (TPSA) is 100 Å². The summed E-state index contributed by atoms with van der Waals surface area (Å²) in [7, 11) is -0.130. The molecule has 1 atom stereocenters. The molecule has 9 heteroatoms. The van der Waals surface area contributed by atoms with Crippen molar-refractivity contribution in [2.45, 2.75) is 37.4 Å². The van der Waals surface area contributed by atoms with E-state index >= 15 is 0 Å². The minimum absolute atomic E-state index is 0.0456. The Hall–Kier alpha value is -1.68. The van der Waals surface area contributed by atoms with Gasteiger partial charge in [-0.1, -0.05) is 5.16 Å². The van der Waals surface area contributed by atoms with Gasteiger partial charge in [0.25, 0.3) is 10.0 Å². The first-order valence-corrected chi connectivity index (χ1v) is 9.97. The van der Waals surface area contributed by atoms with Crippen LogP contribution in [0.3, 0.4) is 0 Å². The maximum absolute atomic E-state index is 13.0. The monoisotopic (exact) mass is 383 g/mol. The summed E-state index contributed by atoms with van der Waals surface area (Å²) in [5.74, 6) is 0.744. The lowest BCUT2D eigenvalue weighted by atomic mass is 9.94. The number of aliphatic hydroxyl groups is 1. The molecule has 1 aliphatic heterocycles. The fourth-order valence-electron chi connectivity index (χ4n) is 3.35. The predicted molar refractivity (Wildman–Crippen MR) is 95.2 cm³/mol. The van der Waals surface area contributed by atoms with E-state index in [9.17, 15) is 13.5 Å². The molecule has 0 aromatic carbocycles. The molecule has 26 heavy (non-hydrogen) atoms. The molecule has 3 rings (SSSR count). The highest BCUT2D eigenvalue weighted by molar-refractivity contribution is 7.89. The van der Waals surface area contributed by atoms with Crippen LogP contribution in [-0.2, 0) is 10.0 Å². The summed E-state index contributed by atoms with van der Waals surface area (Å²) in [5, 5.41) is 14.5. The van der Waals surface area contributed by atoms with Crippen LogP contribution in [0.1, 0.15) is 24.1 Å². The van der Waals surface area contributed by atoms with Gasteiger partial charge in [0.15, 0.2) is 5.76 Å². The Morgan fingerprint density at radius 1 is 1.35 bits per heavy atom. The molecular weight excluding hydrogens is 358 g/mol. The number of hydrogen-bond acceptors (Lipinski definition) is 7. The van der Waals surface area contributed by atoms with Crippen molar-refractivity contribution in [2.75, 3.05) is 33.7 Å². The first-order chi connectivity index (χ1) is 12.1. The summed E-state index contributed by atoms with van der Waals surface area (Å²) in [5.41, 5.74) is 0.468. The lowest BCUT2D eigenvalue weighted by Crippen LogP contribution is -2.54. The number of nitrogens with zero attached hydrogens (tertiary/aromatic N) is 3. The normalized spacial score (nSPS) is 22.2. The number of aromatic nitrogens is 1. The molecule has 1 N–H and O–H groups in total. The number of hydrogen-bond donors (Lipinski definition) is 1. The predicted octanol–water partition coefficient (Wildman–Crippen LogP) is 1.63. The fourth-order valence-corrected chi connectivity index (χ4v) is 4.82. The summed E-state index contributed by atoms with van der Waals surface area (Å²) in [6, 6.07) is 2.98. The molecule has 0 saturated carbocycles. The second-order valence-corrected chi connectivity index (χ2v) is 9.11. The lowest BCUT2D eigenvalue weighted by molar-refractivity contribution is -0.0259. The van der Waals surface area contributed by atoms with Gasteiger partial charge in [0, 0.05) is 25.2 Å². The third-order valence-corrected chi connectivity index (χ3v) is 6.41. The Morgan fingerprint density at radius 2 is 2.08 bits per heavy atom. The van der Waals surface area contributed by atoms with Crippen LogP contribution in [0.4, 0.5) is 0 Å². The largest absolute Gasteiger partial charge is 0.440 e. The van der Waals surface area contributed by atoms with E-state index < -0.39 is 15.6 Å². The number of β-amino-alcohol motifs (C(OH)–C–C–N with tert-alkyl or cyclic N) is 1. The number of likely N-dealkylation sites (N-methyl/N-ethyl adjacent to an activating group) is 1. The summed E-state index contributed by atoms with van der Waals surface area (Å²) in [4.78, 5) is 1.86. The second kappa shape index (κ2) is 6.80. The number of furan rings is 1. The summed E-state index contributed by atoms with van der Waals surface area (Å²) in [6.45, 7) is 4.45. The molecule has 1 unspecified atom stereocenters. The van der Waals surface area contributed by atoms with Gasteiger partial charge in [0.05, 0.1) is 11.3 Å². The first kappa shape index (κ1) is 19.1. The molecule has 0 aliphatic carbocycles. The second-order valence-electron chi connectivity index (χ2n) is 7.25. The van der Waals surface area contributed by atoms with E-state index in [1.54, 1.807) is 6.07 Å². The van der Waals surface area contributed by atoms with Crippen molar-refractivity contribution < 1.29 is 22.5 Å². The van der Waals surface area contributed by atoms with Crippen molar-refractivity contribution in [2.24, 2.45) is 0 Å². The summed E-state index contributed by atoms with van der Waals surface area (Å²) >= 11 is 0. The SMILES string of the molecule is Cc1noc(-c2ccc(S(=O)(=O)N3CCCC(O)(CN(C)C)C3)o2)c1C. The van der Waals surface area contributed by atoms with Gasteiger partial charge < -0.3 is 18.9 Å². The quantitative estimate of drug-likeness (QED) is 0.837. The highest BCUT2D eigenvalue weighted by atomic mass is 32.2. The molecule has 8 nitrogen and oxygen atoms in total. The molecule has 144 valence electrons. The molecule has 0 amide bonds. The lowest BCUT2D eigenvalue weighted by Gasteiger charge is -2.39. The van der Waals surface area contributed by atoms with Crippen molar-refractivity contribution in [3.05, 3.63) is 23.4 Å². The molecule has 0 spiro atoms. The average Bonchev–Trinajstić information content (AvgIpc) is 3.14. The van der Waals surface area contributed by atoms with Crippen molar-refractivity contribution in [1.29, 1.82) is 0 Å². The summed E-state index contributed by atoms with van der Waals surface area (Å²) < 4.78 is 38.0. The molecule has 1 fully saturated rings. The van der Waals surface area contributed by atoms with E-state index in [4.69, 9.17) is 8.94 Å². The Bertz CT molecular complexity index is 886. The van der Waals surface area contributed by atoms with Crippen LogP contribution in [0.15, 0.2) is 26.2 Å². The Kier molecular flexibility index (Phi) is 5.00. The standard InChI is InChI=1S/C17H25N3O5S/c1-12-13(2)18-25-16(12)14-6-7-15(24-14)26(22,23)20-9-5-8-17(21,11-20)10-19(3)4/h6-7,21H,5,8-11H2,1-4H3. The van der Waals surface area contributed by atoms with Gasteiger partial charge in [-0.2, -0.15) is 4.31 Å². The maximum atomic E-state index is 13.0. The maximum Gasteiger partial charge on any atom is 0.276 e. The van der Waals surface area contributed by atoms with Crippen LogP contribution < -0.4 is 0 Å². The first-order valence-electron chi connectivity index (χ1n) is 8.53. The van der Waals surface area contributed by atoms with Crippen molar-refractivity contribution >= 4 is 10.0 Å². The van der Waals surface area contributed by atoms with Crippen molar-refractivity contribution in [1.82, 2.24) is 14.4 Å². The zero-order valence-corrected chi connectivity index (χ0v) is 16.3. The van der Waals surface area contributed by atoms with E-state index in [-0.39, 0.29) is 11.6 Å². The minimum Gasteiger partial charge on any atom is -0.440 e. The number of sulfonamides is 1. The minimum atomic E-state index is -3.84. The van der Waals surface area contributed by atoms with Crippen LogP contribution in [0.25, 0.3) is 11.5 Å². The van der Waals surface area contributed by atoms with Gasteiger partial charge >= 0.3 is 0 Å². The van der Waals surface area contributed by atoms with E-state index in [2.05, 4.69) is 5.16 Å². The number of piperidine rings is 1. The van der Waals surface area contributed by atoms with Crippen LogP contribution >= 0.6 is 0 Å². The van der Waals surface area contributed by atoms with Gasteiger partial charge in [0.2, 0.25) is 10.9 Å². The Balaban J connectivity index is 1.85. The van der Waals surface area contributed by atoms with Crippen LogP contribution in [0, 0.1) is 13.8 Å². The summed E-state index contributed by atoms with van der Waals surface area (Å²) in [6.07, 6.45) is 1.16. The fraction of sp³-hybridized carbons (Fsp3) is 0.588. The Morgan fingerprint density at radius 3 is 2.69 bits per heavy atom. The van der Waals surface area contributed by atoms with E-state index in [0.717, 1.165) is 11.3 Å². The molecule has 0 radical (unpaired) electrons. The third-order valence-electron chi connectivity index (χ3n) is 4.69. The zero-order valence-electron chi connectivity index (χ0n) is 15.5. The molecule has 3 heterocycles.